The van der Waals surface area contributed by atoms with Crippen molar-refractivity contribution in [3.05, 3.63) is 0 Å². The maximum Gasteiger partial charge on any atom is 0.226 e. The summed E-state index contributed by atoms with van der Waals surface area (Å²) in [7, 11) is 0. The Morgan fingerprint density at radius 3 is 2.67 bits per heavy atom. The quantitative estimate of drug-likeness (QED) is 0.709. The Labute approximate surface area is 120 Å². The van der Waals surface area contributed by atoms with Crippen LogP contribution in [0.15, 0.2) is 0 Å². The first-order valence-electron chi connectivity index (χ1n) is 7.34. The smallest absolute Gasteiger partial charge is 0.226 e. The van der Waals surface area contributed by atoms with Crippen molar-refractivity contribution >= 4 is 21.8 Å². The van der Waals surface area contributed by atoms with Gasteiger partial charge in [-0.3, -0.25) is 4.79 Å². The Morgan fingerprint density at radius 1 is 1.33 bits per heavy atom. The number of carbonyl (C=O) groups is 1. The van der Waals surface area contributed by atoms with E-state index in [1.807, 2.05) is 0 Å². The van der Waals surface area contributed by atoms with Crippen molar-refractivity contribution in [2.45, 2.75) is 58.9 Å². The zero-order valence-corrected chi connectivity index (χ0v) is 13.5. The van der Waals surface area contributed by atoms with Crippen LogP contribution in [0.3, 0.4) is 0 Å². The van der Waals surface area contributed by atoms with Gasteiger partial charge in [0, 0.05) is 23.8 Å². The van der Waals surface area contributed by atoms with Crippen molar-refractivity contribution in [2.24, 2.45) is 17.3 Å². The number of carbonyl (C=O) groups excluding carboxylic acids is 1. The highest BCUT2D eigenvalue weighted by Crippen LogP contribution is 2.42. The third-order valence-corrected chi connectivity index (χ3v) is 5.79. The van der Waals surface area contributed by atoms with E-state index in [-0.39, 0.29) is 11.3 Å². The molecule has 1 aliphatic heterocycles. The van der Waals surface area contributed by atoms with Crippen LogP contribution in [0.5, 0.6) is 0 Å². The zero-order valence-electron chi connectivity index (χ0n) is 11.9. The fraction of sp³-hybridized carbons (Fsp3) is 0.933. The number of amides is 1. The molecular weight excluding hydrogens is 290 g/mol. The Bertz CT molecular complexity index is 316. The Kier molecular flexibility index (Phi) is 4.40. The second kappa shape index (κ2) is 5.52. The number of likely N-dealkylation sites (tertiary alicyclic amines) is 1. The number of alkyl halides is 1. The summed E-state index contributed by atoms with van der Waals surface area (Å²) in [5.41, 5.74) is 0.192. The Balaban J connectivity index is 2.11. The van der Waals surface area contributed by atoms with Gasteiger partial charge in [-0.1, -0.05) is 49.5 Å². The highest BCUT2D eigenvalue weighted by atomic mass is 79.9. The molecule has 3 atom stereocenters. The molecule has 1 amide bonds. The molecule has 0 radical (unpaired) electrons. The van der Waals surface area contributed by atoms with Gasteiger partial charge >= 0.3 is 0 Å². The fourth-order valence-electron chi connectivity index (χ4n) is 3.67. The van der Waals surface area contributed by atoms with Crippen LogP contribution in [0.25, 0.3) is 0 Å². The molecule has 3 heteroatoms. The van der Waals surface area contributed by atoms with Gasteiger partial charge in [0.1, 0.15) is 0 Å². The largest absolute Gasteiger partial charge is 0.338 e. The van der Waals surface area contributed by atoms with Gasteiger partial charge in [-0.15, -0.1) is 0 Å². The number of halogens is 1. The molecular formula is C15H26BrNO. The average Bonchev–Trinajstić information content (AvgIpc) is 2.69. The molecule has 2 rings (SSSR count). The molecule has 0 aromatic rings. The van der Waals surface area contributed by atoms with Crippen LogP contribution in [-0.4, -0.2) is 28.7 Å². The predicted octanol–water partition coefficient (Wildman–Crippen LogP) is 3.83. The molecule has 2 fully saturated rings. The molecule has 2 aliphatic rings. The van der Waals surface area contributed by atoms with Crippen LogP contribution in [0.2, 0.25) is 0 Å². The lowest BCUT2D eigenvalue weighted by Gasteiger charge is -2.40. The molecule has 0 aromatic carbocycles. The molecule has 18 heavy (non-hydrogen) atoms. The van der Waals surface area contributed by atoms with Crippen LogP contribution in [-0.2, 0) is 4.79 Å². The number of rotatable bonds is 2. The first kappa shape index (κ1) is 14.4. The summed E-state index contributed by atoms with van der Waals surface area (Å²) >= 11 is 3.58. The fourth-order valence-corrected chi connectivity index (χ4v) is 4.66. The highest BCUT2D eigenvalue weighted by Gasteiger charge is 2.43. The van der Waals surface area contributed by atoms with Crippen LogP contribution in [0.1, 0.15) is 52.9 Å². The summed E-state index contributed by atoms with van der Waals surface area (Å²) in [5.74, 6) is 1.31. The normalized spacial score (nSPS) is 35.8. The van der Waals surface area contributed by atoms with Crippen LogP contribution < -0.4 is 0 Å². The van der Waals surface area contributed by atoms with E-state index in [1.165, 1.54) is 19.3 Å². The monoisotopic (exact) mass is 315 g/mol. The van der Waals surface area contributed by atoms with Gasteiger partial charge in [-0.2, -0.15) is 0 Å². The van der Waals surface area contributed by atoms with E-state index in [1.54, 1.807) is 0 Å². The summed E-state index contributed by atoms with van der Waals surface area (Å²) < 4.78 is 0. The van der Waals surface area contributed by atoms with Gasteiger partial charge < -0.3 is 4.90 Å². The number of nitrogens with zero attached hydrogens (tertiary/aromatic N) is 1. The zero-order chi connectivity index (χ0) is 13.3. The maximum absolute atomic E-state index is 12.8. The Morgan fingerprint density at radius 2 is 2.06 bits per heavy atom. The van der Waals surface area contributed by atoms with Gasteiger partial charge in [0.05, 0.1) is 0 Å². The van der Waals surface area contributed by atoms with Crippen LogP contribution in [0, 0.1) is 17.3 Å². The molecule has 1 saturated carbocycles. The van der Waals surface area contributed by atoms with Gasteiger partial charge in [-0.05, 0) is 30.6 Å². The first-order chi connectivity index (χ1) is 8.47. The van der Waals surface area contributed by atoms with Gasteiger partial charge in [-0.25, -0.2) is 0 Å². The molecule has 2 nitrogen and oxygen atoms in total. The van der Waals surface area contributed by atoms with Crippen molar-refractivity contribution in [3.63, 3.8) is 0 Å². The average molecular weight is 316 g/mol. The summed E-state index contributed by atoms with van der Waals surface area (Å²) in [6, 6.07) is 0.412. The van der Waals surface area contributed by atoms with E-state index in [0.717, 1.165) is 24.7 Å². The molecule has 104 valence electrons. The highest BCUT2D eigenvalue weighted by molar-refractivity contribution is 9.09. The molecule has 0 N–H and O–H groups in total. The Hall–Kier alpha value is -0.0500. The molecule has 0 aromatic heterocycles. The molecule has 3 unspecified atom stereocenters. The number of hydrogen-bond acceptors (Lipinski definition) is 1. The van der Waals surface area contributed by atoms with Crippen molar-refractivity contribution in [2.75, 3.05) is 11.9 Å². The minimum atomic E-state index is 0.192. The minimum Gasteiger partial charge on any atom is -0.338 e. The van der Waals surface area contributed by atoms with Gasteiger partial charge in [0.2, 0.25) is 5.91 Å². The predicted molar refractivity (Wildman–Crippen MR) is 78.8 cm³/mol. The lowest BCUT2D eigenvalue weighted by atomic mass is 9.68. The SMILES string of the molecule is CC1CCN(C(=O)C2CCCCC2(C)C)C1CBr. The van der Waals surface area contributed by atoms with Crippen molar-refractivity contribution in [3.8, 4) is 0 Å². The third-order valence-electron chi connectivity index (χ3n) is 5.13. The van der Waals surface area contributed by atoms with Crippen molar-refractivity contribution in [1.29, 1.82) is 0 Å². The summed E-state index contributed by atoms with van der Waals surface area (Å²) in [5, 5.41) is 0.924. The van der Waals surface area contributed by atoms with Crippen LogP contribution in [0.4, 0.5) is 0 Å². The van der Waals surface area contributed by atoms with E-state index in [9.17, 15) is 4.79 Å². The van der Waals surface area contributed by atoms with Crippen molar-refractivity contribution in [1.82, 2.24) is 4.90 Å². The first-order valence-corrected chi connectivity index (χ1v) is 8.46. The lowest BCUT2D eigenvalue weighted by Crippen LogP contribution is -2.47. The topological polar surface area (TPSA) is 20.3 Å². The van der Waals surface area contributed by atoms with Crippen molar-refractivity contribution < 1.29 is 4.79 Å². The summed E-state index contributed by atoms with van der Waals surface area (Å²) in [4.78, 5) is 15.0. The van der Waals surface area contributed by atoms with E-state index < -0.39 is 0 Å². The van der Waals surface area contributed by atoms with Crippen LogP contribution >= 0.6 is 15.9 Å². The van der Waals surface area contributed by atoms with Gasteiger partial charge in [0.25, 0.3) is 0 Å². The van der Waals surface area contributed by atoms with E-state index in [0.29, 0.717) is 17.9 Å². The minimum absolute atomic E-state index is 0.192. The number of hydrogen-bond donors (Lipinski definition) is 0. The summed E-state index contributed by atoms with van der Waals surface area (Å²) in [6.45, 7) is 7.78. The third kappa shape index (κ3) is 2.61. The molecule has 1 heterocycles. The van der Waals surface area contributed by atoms with Gasteiger partial charge in [0.15, 0.2) is 0 Å². The maximum atomic E-state index is 12.8. The second-order valence-corrected chi connectivity index (χ2v) is 7.45. The molecule has 1 saturated heterocycles. The molecule has 0 bridgehead atoms. The lowest BCUT2D eigenvalue weighted by molar-refractivity contribution is -0.141. The summed E-state index contributed by atoms with van der Waals surface area (Å²) in [6.07, 6.45) is 5.96. The van der Waals surface area contributed by atoms with E-state index in [4.69, 9.17) is 0 Å². The molecule has 1 aliphatic carbocycles. The molecule has 0 spiro atoms. The van der Waals surface area contributed by atoms with E-state index in [2.05, 4.69) is 41.6 Å². The second-order valence-electron chi connectivity index (χ2n) is 6.81. The standard InChI is InChI=1S/C15H26BrNO/c1-11-7-9-17(13(11)10-16)14(18)12-6-4-5-8-15(12,2)3/h11-13H,4-10H2,1-3H3. The van der Waals surface area contributed by atoms with E-state index >= 15 is 0 Å².